The Balaban J connectivity index is 1.80. The smallest absolute Gasteiger partial charge is 0.230 e. The molecule has 0 saturated heterocycles. The SMILES string of the molecule is CC(=O)N(c1nc(/C=N\Nc2ccc(C)cc2)cs1)c1cccc(C)c1C. The molecule has 0 spiro atoms. The first-order valence-corrected chi connectivity index (χ1v) is 9.52. The molecule has 6 heteroatoms. The molecule has 1 heterocycles. The summed E-state index contributed by atoms with van der Waals surface area (Å²) >= 11 is 1.42. The monoisotopic (exact) mass is 378 g/mol. The van der Waals surface area contributed by atoms with Gasteiger partial charge in [-0.3, -0.25) is 15.1 Å². The Morgan fingerprint density at radius 3 is 2.59 bits per heavy atom. The van der Waals surface area contributed by atoms with Gasteiger partial charge in [-0.1, -0.05) is 29.8 Å². The normalized spacial score (nSPS) is 11.0. The van der Waals surface area contributed by atoms with Crippen LogP contribution in [0.3, 0.4) is 0 Å². The van der Waals surface area contributed by atoms with Crippen LogP contribution < -0.4 is 10.3 Å². The zero-order valence-electron chi connectivity index (χ0n) is 15.9. The lowest BCUT2D eigenvalue weighted by Gasteiger charge is -2.21. The van der Waals surface area contributed by atoms with E-state index in [0.717, 1.165) is 22.5 Å². The first kappa shape index (κ1) is 18.8. The van der Waals surface area contributed by atoms with E-state index in [9.17, 15) is 4.79 Å². The number of hydrazone groups is 1. The van der Waals surface area contributed by atoms with E-state index in [1.165, 1.54) is 16.9 Å². The largest absolute Gasteiger partial charge is 0.278 e. The molecule has 0 fully saturated rings. The van der Waals surface area contributed by atoms with Gasteiger partial charge in [-0.05, 0) is 50.1 Å². The first-order chi connectivity index (χ1) is 13.0. The maximum atomic E-state index is 12.3. The van der Waals surface area contributed by atoms with Gasteiger partial charge < -0.3 is 0 Å². The summed E-state index contributed by atoms with van der Waals surface area (Å²) in [5, 5.41) is 6.75. The Kier molecular flexibility index (Phi) is 5.66. The second-order valence-corrected chi connectivity index (χ2v) is 7.20. The van der Waals surface area contributed by atoms with Gasteiger partial charge in [0.25, 0.3) is 0 Å². The zero-order chi connectivity index (χ0) is 19.4. The maximum absolute atomic E-state index is 12.3. The van der Waals surface area contributed by atoms with Crippen LogP contribution in [0, 0.1) is 20.8 Å². The minimum atomic E-state index is -0.0701. The number of thiazole rings is 1. The van der Waals surface area contributed by atoms with Gasteiger partial charge in [0.1, 0.15) is 0 Å². The Morgan fingerprint density at radius 2 is 1.89 bits per heavy atom. The number of rotatable bonds is 5. The van der Waals surface area contributed by atoms with Crippen molar-refractivity contribution in [3.63, 3.8) is 0 Å². The van der Waals surface area contributed by atoms with Crippen molar-refractivity contribution in [2.24, 2.45) is 5.10 Å². The fourth-order valence-electron chi connectivity index (χ4n) is 2.62. The highest BCUT2D eigenvalue weighted by molar-refractivity contribution is 7.14. The molecule has 138 valence electrons. The van der Waals surface area contributed by atoms with Gasteiger partial charge in [0.15, 0.2) is 5.13 Å². The van der Waals surface area contributed by atoms with E-state index < -0.39 is 0 Å². The van der Waals surface area contributed by atoms with Gasteiger partial charge in [-0.2, -0.15) is 5.10 Å². The van der Waals surface area contributed by atoms with Gasteiger partial charge in [0.05, 0.1) is 23.3 Å². The summed E-state index contributed by atoms with van der Waals surface area (Å²) in [6.07, 6.45) is 1.65. The summed E-state index contributed by atoms with van der Waals surface area (Å²) in [4.78, 5) is 18.5. The number of amides is 1. The number of benzene rings is 2. The fraction of sp³-hybridized carbons (Fsp3) is 0.190. The molecule has 1 N–H and O–H groups in total. The molecule has 0 atom stereocenters. The highest BCUT2D eigenvalue weighted by atomic mass is 32.1. The third-order valence-corrected chi connectivity index (χ3v) is 5.12. The Morgan fingerprint density at radius 1 is 1.15 bits per heavy atom. The average molecular weight is 379 g/mol. The number of carbonyl (C=O) groups excluding carboxylic acids is 1. The number of anilines is 3. The summed E-state index contributed by atoms with van der Waals surface area (Å²) in [5.41, 5.74) is 8.86. The van der Waals surface area contributed by atoms with E-state index in [1.54, 1.807) is 18.0 Å². The quantitative estimate of drug-likeness (QED) is 0.490. The summed E-state index contributed by atoms with van der Waals surface area (Å²) in [6.45, 7) is 7.65. The third kappa shape index (κ3) is 4.41. The molecule has 0 bridgehead atoms. The predicted molar refractivity (Wildman–Crippen MR) is 113 cm³/mol. The number of hydrogen-bond acceptors (Lipinski definition) is 5. The van der Waals surface area contributed by atoms with Crippen LogP contribution in [0.4, 0.5) is 16.5 Å². The minimum Gasteiger partial charge on any atom is -0.278 e. The maximum Gasteiger partial charge on any atom is 0.230 e. The molecule has 3 aromatic rings. The van der Waals surface area contributed by atoms with Crippen LogP contribution in [0.15, 0.2) is 52.9 Å². The van der Waals surface area contributed by atoms with Crippen molar-refractivity contribution in [2.75, 3.05) is 10.3 Å². The van der Waals surface area contributed by atoms with Crippen molar-refractivity contribution in [3.05, 3.63) is 70.2 Å². The molecule has 0 radical (unpaired) electrons. The Bertz CT molecular complexity index is 976. The predicted octanol–water partition coefficient (Wildman–Crippen LogP) is 5.20. The van der Waals surface area contributed by atoms with E-state index in [4.69, 9.17) is 0 Å². The van der Waals surface area contributed by atoms with Crippen molar-refractivity contribution in [1.29, 1.82) is 0 Å². The molecule has 0 aliphatic heterocycles. The number of aryl methyl sites for hydroxylation is 2. The average Bonchev–Trinajstić information content (AvgIpc) is 3.09. The van der Waals surface area contributed by atoms with Crippen molar-refractivity contribution >= 4 is 40.0 Å². The molecule has 0 saturated carbocycles. The number of carbonyl (C=O) groups is 1. The van der Waals surface area contributed by atoms with Crippen molar-refractivity contribution in [3.8, 4) is 0 Å². The molecule has 2 aromatic carbocycles. The highest BCUT2D eigenvalue weighted by Crippen LogP contribution is 2.32. The standard InChI is InChI=1S/C21H22N4OS/c1-14-8-10-18(11-9-14)24-22-12-19-13-27-21(23-19)25(17(4)26)20-7-5-6-15(2)16(20)3/h5-13,24H,1-4H3/b22-12-. The van der Waals surface area contributed by atoms with Crippen LogP contribution in [-0.2, 0) is 4.79 Å². The van der Waals surface area contributed by atoms with Crippen LogP contribution in [0.5, 0.6) is 0 Å². The van der Waals surface area contributed by atoms with E-state index in [2.05, 4.69) is 15.5 Å². The first-order valence-electron chi connectivity index (χ1n) is 8.64. The van der Waals surface area contributed by atoms with Crippen molar-refractivity contribution in [1.82, 2.24) is 4.98 Å². The van der Waals surface area contributed by atoms with Gasteiger partial charge >= 0.3 is 0 Å². The van der Waals surface area contributed by atoms with Gasteiger partial charge in [-0.15, -0.1) is 11.3 Å². The van der Waals surface area contributed by atoms with Crippen molar-refractivity contribution < 1.29 is 4.79 Å². The van der Waals surface area contributed by atoms with E-state index in [1.807, 2.05) is 68.6 Å². The molecular formula is C21H22N4OS. The molecule has 1 amide bonds. The van der Waals surface area contributed by atoms with Crippen LogP contribution in [0.1, 0.15) is 29.3 Å². The third-order valence-electron chi connectivity index (χ3n) is 4.27. The second kappa shape index (κ2) is 8.14. The molecule has 0 aliphatic carbocycles. The lowest BCUT2D eigenvalue weighted by Crippen LogP contribution is -2.23. The topological polar surface area (TPSA) is 57.6 Å². The molecule has 0 aliphatic rings. The summed E-state index contributed by atoms with van der Waals surface area (Å²) in [6, 6.07) is 13.9. The molecular weight excluding hydrogens is 356 g/mol. The Hall–Kier alpha value is -2.99. The second-order valence-electron chi connectivity index (χ2n) is 6.36. The molecule has 27 heavy (non-hydrogen) atoms. The van der Waals surface area contributed by atoms with Gasteiger partial charge in [-0.25, -0.2) is 4.98 Å². The van der Waals surface area contributed by atoms with Crippen LogP contribution in [-0.4, -0.2) is 17.1 Å². The van der Waals surface area contributed by atoms with Crippen LogP contribution in [0.25, 0.3) is 0 Å². The van der Waals surface area contributed by atoms with Crippen molar-refractivity contribution in [2.45, 2.75) is 27.7 Å². The summed E-state index contributed by atoms with van der Waals surface area (Å²) in [5.74, 6) is -0.0701. The van der Waals surface area contributed by atoms with Crippen LogP contribution in [0.2, 0.25) is 0 Å². The molecule has 0 unspecified atom stereocenters. The molecule has 5 nitrogen and oxygen atoms in total. The zero-order valence-corrected chi connectivity index (χ0v) is 16.7. The van der Waals surface area contributed by atoms with Crippen LogP contribution >= 0.6 is 11.3 Å². The van der Waals surface area contributed by atoms with E-state index in [-0.39, 0.29) is 5.91 Å². The fourth-order valence-corrected chi connectivity index (χ4v) is 3.45. The van der Waals surface area contributed by atoms with Gasteiger partial charge in [0.2, 0.25) is 5.91 Å². The number of aromatic nitrogens is 1. The highest BCUT2D eigenvalue weighted by Gasteiger charge is 2.19. The molecule has 1 aromatic heterocycles. The Labute approximate surface area is 163 Å². The van der Waals surface area contributed by atoms with E-state index in [0.29, 0.717) is 10.8 Å². The number of nitrogens with one attached hydrogen (secondary N) is 1. The molecule has 3 rings (SSSR count). The lowest BCUT2D eigenvalue weighted by molar-refractivity contribution is -0.115. The van der Waals surface area contributed by atoms with Gasteiger partial charge in [0, 0.05) is 12.3 Å². The number of nitrogens with zero attached hydrogens (tertiary/aromatic N) is 3. The lowest BCUT2D eigenvalue weighted by atomic mass is 10.1. The summed E-state index contributed by atoms with van der Waals surface area (Å²) < 4.78 is 0. The minimum absolute atomic E-state index is 0.0701. The summed E-state index contributed by atoms with van der Waals surface area (Å²) in [7, 11) is 0. The van der Waals surface area contributed by atoms with E-state index >= 15 is 0 Å². The number of hydrogen-bond donors (Lipinski definition) is 1.